The Hall–Kier alpha value is -1.35. The second kappa shape index (κ2) is 7.29. The van der Waals surface area contributed by atoms with Crippen molar-refractivity contribution in [2.24, 2.45) is 0 Å². The van der Waals surface area contributed by atoms with E-state index in [9.17, 15) is 22.8 Å². The van der Waals surface area contributed by atoms with Crippen molar-refractivity contribution < 1.29 is 37.3 Å². The Kier molecular flexibility index (Phi) is 6.77. The minimum absolute atomic E-state index is 0.0929. The fourth-order valence-corrected chi connectivity index (χ4v) is 1.42. The van der Waals surface area contributed by atoms with Gasteiger partial charge in [-0.2, -0.15) is 13.2 Å². The number of ether oxygens (including phenoxy) is 2. The molecule has 0 rings (SSSR count). The number of carbonyl (C=O) groups excluding carboxylic acids is 1. The van der Waals surface area contributed by atoms with E-state index in [-0.39, 0.29) is 6.61 Å². The molecule has 0 aromatic heterocycles. The highest BCUT2D eigenvalue weighted by Gasteiger charge is 2.31. The molecule has 0 heterocycles. The topological polar surface area (TPSA) is 84.9 Å². The van der Waals surface area contributed by atoms with Crippen LogP contribution in [-0.4, -0.2) is 55.6 Å². The highest BCUT2D eigenvalue weighted by atomic mass is 19.4. The molecule has 9 heteroatoms. The molecule has 0 aromatic carbocycles. The van der Waals surface area contributed by atoms with Gasteiger partial charge < -0.3 is 19.9 Å². The van der Waals surface area contributed by atoms with Crippen molar-refractivity contribution in [3.05, 3.63) is 0 Å². The fraction of sp³-hybridized carbons (Fsp3) is 0.800. The second-order valence-electron chi connectivity index (χ2n) is 4.22. The van der Waals surface area contributed by atoms with E-state index >= 15 is 0 Å². The van der Waals surface area contributed by atoms with Crippen molar-refractivity contribution >= 4 is 11.9 Å². The number of aliphatic carboxylic acids is 1. The van der Waals surface area contributed by atoms with Crippen LogP contribution in [0.3, 0.4) is 0 Å². The van der Waals surface area contributed by atoms with E-state index in [0.29, 0.717) is 0 Å². The minimum Gasteiger partial charge on any atom is -0.481 e. The van der Waals surface area contributed by atoms with Gasteiger partial charge >= 0.3 is 12.1 Å². The first-order chi connectivity index (χ1) is 8.58. The SMILES string of the molecule is COCC(C)(CC(=O)O)NC(=O)COCC(F)(F)F. The number of alkyl halides is 3. The van der Waals surface area contributed by atoms with E-state index in [0.717, 1.165) is 0 Å². The molecule has 0 saturated carbocycles. The van der Waals surface area contributed by atoms with Crippen LogP contribution in [0, 0.1) is 0 Å². The van der Waals surface area contributed by atoms with Crippen LogP contribution < -0.4 is 5.32 Å². The summed E-state index contributed by atoms with van der Waals surface area (Å²) in [6.45, 7) is -1.03. The molecule has 19 heavy (non-hydrogen) atoms. The minimum atomic E-state index is -4.52. The molecule has 0 aliphatic heterocycles. The summed E-state index contributed by atoms with van der Waals surface area (Å²) in [4.78, 5) is 22.0. The number of nitrogens with one attached hydrogen (secondary N) is 1. The lowest BCUT2D eigenvalue weighted by Crippen LogP contribution is -2.52. The van der Waals surface area contributed by atoms with Crippen LogP contribution >= 0.6 is 0 Å². The molecule has 112 valence electrons. The number of amides is 1. The van der Waals surface area contributed by atoms with E-state index in [1.165, 1.54) is 14.0 Å². The predicted molar refractivity (Wildman–Crippen MR) is 57.6 cm³/mol. The Labute approximate surface area is 107 Å². The molecule has 0 bridgehead atoms. The van der Waals surface area contributed by atoms with Crippen molar-refractivity contribution in [1.29, 1.82) is 0 Å². The summed E-state index contributed by atoms with van der Waals surface area (Å²) in [6, 6.07) is 0. The average Bonchev–Trinajstić information content (AvgIpc) is 2.12. The molecule has 0 saturated heterocycles. The van der Waals surface area contributed by atoms with E-state index < -0.39 is 43.2 Å². The molecular formula is C10H16F3NO5. The number of hydrogen-bond acceptors (Lipinski definition) is 4. The van der Waals surface area contributed by atoms with Crippen molar-refractivity contribution in [3.63, 3.8) is 0 Å². The lowest BCUT2D eigenvalue weighted by Gasteiger charge is -2.28. The molecule has 0 radical (unpaired) electrons. The molecule has 0 aliphatic carbocycles. The van der Waals surface area contributed by atoms with Gasteiger partial charge in [0.2, 0.25) is 5.91 Å². The van der Waals surface area contributed by atoms with Crippen LogP contribution in [0.1, 0.15) is 13.3 Å². The number of carbonyl (C=O) groups is 2. The lowest BCUT2D eigenvalue weighted by atomic mass is 9.99. The number of hydrogen-bond donors (Lipinski definition) is 2. The normalized spacial score (nSPS) is 14.8. The summed E-state index contributed by atoms with van der Waals surface area (Å²) in [5.74, 6) is -2.01. The van der Waals surface area contributed by atoms with Gasteiger partial charge in [-0.15, -0.1) is 0 Å². The summed E-state index contributed by atoms with van der Waals surface area (Å²) in [6.07, 6.45) is -4.94. The molecule has 0 aliphatic rings. The molecule has 1 amide bonds. The third-order valence-corrected chi connectivity index (χ3v) is 1.94. The molecule has 2 N–H and O–H groups in total. The first kappa shape index (κ1) is 17.6. The Morgan fingerprint density at radius 2 is 1.84 bits per heavy atom. The van der Waals surface area contributed by atoms with E-state index in [1.807, 2.05) is 0 Å². The van der Waals surface area contributed by atoms with Gasteiger partial charge in [0.05, 0.1) is 18.6 Å². The maximum atomic E-state index is 11.8. The lowest BCUT2D eigenvalue weighted by molar-refractivity contribution is -0.176. The molecule has 1 atom stereocenters. The Morgan fingerprint density at radius 3 is 2.26 bits per heavy atom. The van der Waals surface area contributed by atoms with Gasteiger partial charge in [0.15, 0.2) is 0 Å². The van der Waals surface area contributed by atoms with Crippen molar-refractivity contribution in [1.82, 2.24) is 5.32 Å². The smallest absolute Gasteiger partial charge is 0.411 e. The Morgan fingerprint density at radius 1 is 1.26 bits per heavy atom. The maximum absolute atomic E-state index is 11.8. The summed E-state index contributed by atoms with van der Waals surface area (Å²) in [7, 11) is 1.31. The van der Waals surface area contributed by atoms with Gasteiger partial charge in [0, 0.05) is 7.11 Å². The van der Waals surface area contributed by atoms with Crippen LogP contribution in [0.2, 0.25) is 0 Å². The van der Waals surface area contributed by atoms with Gasteiger partial charge in [-0.1, -0.05) is 0 Å². The first-order valence-corrected chi connectivity index (χ1v) is 5.24. The van der Waals surface area contributed by atoms with Crippen molar-refractivity contribution in [3.8, 4) is 0 Å². The van der Waals surface area contributed by atoms with Crippen LogP contribution in [0.15, 0.2) is 0 Å². The second-order valence-corrected chi connectivity index (χ2v) is 4.22. The summed E-state index contributed by atoms with van der Waals surface area (Å²) >= 11 is 0. The Balaban J connectivity index is 4.28. The third-order valence-electron chi connectivity index (χ3n) is 1.94. The van der Waals surface area contributed by atoms with Crippen molar-refractivity contribution in [2.45, 2.75) is 25.1 Å². The molecule has 0 fully saturated rings. The molecular weight excluding hydrogens is 271 g/mol. The van der Waals surface area contributed by atoms with Crippen LogP contribution in [-0.2, 0) is 19.1 Å². The van der Waals surface area contributed by atoms with E-state index in [2.05, 4.69) is 10.1 Å². The first-order valence-electron chi connectivity index (χ1n) is 5.24. The predicted octanol–water partition coefficient (Wildman–Crippen LogP) is 0.561. The average molecular weight is 287 g/mol. The summed E-state index contributed by atoms with van der Waals surface area (Å²) in [5, 5.41) is 11.0. The van der Waals surface area contributed by atoms with Crippen LogP contribution in [0.25, 0.3) is 0 Å². The Bertz CT molecular complexity index is 321. The molecule has 6 nitrogen and oxygen atoms in total. The third kappa shape index (κ3) is 9.25. The van der Waals surface area contributed by atoms with Crippen LogP contribution in [0.5, 0.6) is 0 Å². The molecule has 1 unspecified atom stereocenters. The van der Waals surface area contributed by atoms with Gasteiger partial charge in [0.25, 0.3) is 0 Å². The molecule has 0 aromatic rings. The van der Waals surface area contributed by atoms with Crippen LogP contribution in [0.4, 0.5) is 13.2 Å². The van der Waals surface area contributed by atoms with Gasteiger partial charge in [-0.3, -0.25) is 9.59 Å². The number of carboxylic acid groups (broad SMARTS) is 1. The zero-order valence-electron chi connectivity index (χ0n) is 10.5. The zero-order valence-corrected chi connectivity index (χ0v) is 10.5. The number of halogens is 3. The van der Waals surface area contributed by atoms with E-state index in [1.54, 1.807) is 0 Å². The number of methoxy groups -OCH3 is 1. The van der Waals surface area contributed by atoms with Gasteiger partial charge in [-0.05, 0) is 6.92 Å². The zero-order chi connectivity index (χ0) is 15.1. The highest BCUT2D eigenvalue weighted by molar-refractivity contribution is 5.79. The quantitative estimate of drug-likeness (QED) is 0.681. The summed E-state index contributed by atoms with van der Waals surface area (Å²) in [5.41, 5.74) is -1.21. The van der Waals surface area contributed by atoms with Crippen molar-refractivity contribution in [2.75, 3.05) is 26.9 Å². The number of rotatable bonds is 8. The highest BCUT2D eigenvalue weighted by Crippen LogP contribution is 2.14. The fourth-order valence-electron chi connectivity index (χ4n) is 1.42. The van der Waals surface area contributed by atoms with E-state index in [4.69, 9.17) is 9.84 Å². The molecule has 0 spiro atoms. The maximum Gasteiger partial charge on any atom is 0.411 e. The number of carboxylic acids is 1. The monoisotopic (exact) mass is 287 g/mol. The largest absolute Gasteiger partial charge is 0.481 e. The standard InChI is InChI=1S/C10H16F3NO5/c1-9(5-18-2,3-8(16)17)14-7(15)4-19-6-10(11,12)13/h3-6H2,1-2H3,(H,14,15)(H,16,17). The van der Waals surface area contributed by atoms with Gasteiger partial charge in [0.1, 0.15) is 13.2 Å². The van der Waals surface area contributed by atoms with Gasteiger partial charge in [-0.25, -0.2) is 0 Å². The summed E-state index contributed by atoms with van der Waals surface area (Å²) < 4.78 is 44.3.